The highest BCUT2D eigenvalue weighted by molar-refractivity contribution is 7.80. The average Bonchev–Trinajstić information content (AvgIpc) is 2.19. The van der Waals surface area contributed by atoms with E-state index in [1.807, 2.05) is 0 Å². The van der Waals surface area contributed by atoms with Crippen molar-refractivity contribution in [2.75, 3.05) is 7.05 Å². The van der Waals surface area contributed by atoms with Gasteiger partial charge in [0.2, 0.25) is 0 Å². The van der Waals surface area contributed by atoms with Crippen LogP contribution in [0.1, 0.15) is 40.0 Å². The van der Waals surface area contributed by atoms with Crippen molar-refractivity contribution in [3.63, 3.8) is 0 Å². The van der Waals surface area contributed by atoms with Gasteiger partial charge in [0.15, 0.2) is 0 Å². The zero-order valence-electron chi connectivity index (χ0n) is 10.4. The fourth-order valence-electron chi connectivity index (χ4n) is 2.41. The minimum Gasteiger partial charge on any atom is -0.392 e. The van der Waals surface area contributed by atoms with Crippen molar-refractivity contribution in [1.82, 2.24) is 4.90 Å². The van der Waals surface area contributed by atoms with Gasteiger partial charge in [-0.3, -0.25) is 4.90 Å². The quantitative estimate of drug-likeness (QED) is 0.752. The molecule has 0 saturated heterocycles. The van der Waals surface area contributed by atoms with Crippen LogP contribution in [0.4, 0.5) is 0 Å². The highest BCUT2D eigenvalue weighted by Gasteiger charge is 2.29. The molecule has 15 heavy (non-hydrogen) atoms. The first-order chi connectivity index (χ1) is 6.93. The molecule has 88 valence electrons. The van der Waals surface area contributed by atoms with Gasteiger partial charge >= 0.3 is 0 Å². The highest BCUT2D eigenvalue weighted by atomic mass is 32.1. The molecule has 0 amide bonds. The Morgan fingerprint density at radius 2 is 1.93 bits per heavy atom. The molecule has 0 spiro atoms. The van der Waals surface area contributed by atoms with Crippen LogP contribution in [-0.2, 0) is 0 Å². The summed E-state index contributed by atoms with van der Waals surface area (Å²) in [6.45, 7) is 6.82. The van der Waals surface area contributed by atoms with E-state index in [4.69, 9.17) is 18.0 Å². The van der Waals surface area contributed by atoms with E-state index in [-0.39, 0.29) is 6.04 Å². The molecule has 4 unspecified atom stereocenters. The summed E-state index contributed by atoms with van der Waals surface area (Å²) < 4.78 is 0. The van der Waals surface area contributed by atoms with Crippen molar-refractivity contribution < 1.29 is 0 Å². The molecular formula is C12H24N2S. The first kappa shape index (κ1) is 12.9. The molecular weight excluding hydrogens is 204 g/mol. The van der Waals surface area contributed by atoms with E-state index in [9.17, 15) is 0 Å². The summed E-state index contributed by atoms with van der Waals surface area (Å²) >= 11 is 5.05. The Kier molecular flexibility index (Phi) is 4.53. The predicted octanol–water partition coefficient (Wildman–Crippen LogP) is 2.42. The predicted molar refractivity (Wildman–Crippen MR) is 70.0 cm³/mol. The molecule has 1 rings (SSSR count). The molecule has 4 atom stereocenters. The van der Waals surface area contributed by atoms with Crippen LogP contribution < -0.4 is 5.73 Å². The van der Waals surface area contributed by atoms with Crippen molar-refractivity contribution in [2.45, 2.75) is 52.1 Å². The Bertz CT molecular complexity index is 230. The largest absolute Gasteiger partial charge is 0.392 e. The van der Waals surface area contributed by atoms with Crippen molar-refractivity contribution in [1.29, 1.82) is 0 Å². The smallest absolute Gasteiger partial charge is 0.0899 e. The second kappa shape index (κ2) is 5.26. The Labute approximate surface area is 99.2 Å². The summed E-state index contributed by atoms with van der Waals surface area (Å²) in [5.74, 6) is 1.69. The monoisotopic (exact) mass is 228 g/mol. The molecule has 0 aromatic carbocycles. The normalized spacial score (nSPS) is 34.1. The van der Waals surface area contributed by atoms with Crippen molar-refractivity contribution in [2.24, 2.45) is 17.6 Å². The maximum Gasteiger partial charge on any atom is 0.0899 e. The van der Waals surface area contributed by atoms with Crippen LogP contribution in [-0.4, -0.2) is 29.0 Å². The van der Waals surface area contributed by atoms with Gasteiger partial charge in [-0.2, -0.15) is 0 Å². The third kappa shape index (κ3) is 3.15. The van der Waals surface area contributed by atoms with Gasteiger partial charge < -0.3 is 5.73 Å². The molecule has 0 aromatic rings. The Morgan fingerprint density at radius 1 is 1.33 bits per heavy atom. The van der Waals surface area contributed by atoms with Gasteiger partial charge in [-0.1, -0.05) is 26.1 Å². The minimum absolute atomic E-state index is 0.227. The fourth-order valence-corrected chi connectivity index (χ4v) is 2.57. The topological polar surface area (TPSA) is 29.3 Å². The molecule has 1 fully saturated rings. The third-order valence-electron chi connectivity index (χ3n) is 4.17. The zero-order chi connectivity index (χ0) is 11.6. The van der Waals surface area contributed by atoms with Crippen LogP contribution in [0.15, 0.2) is 0 Å². The Hall–Kier alpha value is -0.150. The van der Waals surface area contributed by atoms with E-state index < -0.39 is 0 Å². The molecule has 2 nitrogen and oxygen atoms in total. The molecule has 1 saturated carbocycles. The molecule has 0 aromatic heterocycles. The van der Waals surface area contributed by atoms with E-state index in [1.165, 1.54) is 19.3 Å². The molecule has 1 aliphatic rings. The summed E-state index contributed by atoms with van der Waals surface area (Å²) in [5, 5.41) is 0. The second-order valence-electron chi connectivity index (χ2n) is 5.17. The zero-order valence-corrected chi connectivity index (χ0v) is 11.2. The maximum atomic E-state index is 5.70. The molecule has 0 radical (unpaired) electrons. The molecule has 0 heterocycles. The van der Waals surface area contributed by atoms with E-state index in [2.05, 4.69) is 32.7 Å². The first-order valence-corrected chi connectivity index (χ1v) is 6.35. The molecule has 3 heteroatoms. The van der Waals surface area contributed by atoms with Gasteiger partial charge in [0.05, 0.1) is 11.0 Å². The number of likely N-dealkylation sites (N-methyl/N-ethyl adjacent to an activating group) is 1. The van der Waals surface area contributed by atoms with Gasteiger partial charge in [-0.15, -0.1) is 0 Å². The number of nitrogens with zero attached hydrogens (tertiary/aromatic N) is 1. The third-order valence-corrected chi connectivity index (χ3v) is 4.51. The Balaban J connectivity index is 2.54. The first-order valence-electron chi connectivity index (χ1n) is 5.94. The second-order valence-corrected chi connectivity index (χ2v) is 5.64. The Morgan fingerprint density at radius 3 is 2.40 bits per heavy atom. The molecule has 0 bridgehead atoms. The van der Waals surface area contributed by atoms with Gasteiger partial charge in [-0.25, -0.2) is 0 Å². The van der Waals surface area contributed by atoms with Crippen molar-refractivity contribution in [3.05, 3.63) is 0 Å². The van der Waals surface area contributed by atoms with Crippen LogP contribution in [0.5, 0.6) is 0 Å². The van der Waals surface area contributed by atoms with Crippen molar-refractivity contribution in [3.8, 4) is 0 Å². The number of rotatable bonds is 3. The van der Waals surface area contributed by atoms with E-state index in [1.54, 1.807) is 0 Å². The lowest BCUT2D eigenvalue weighted by molar-refractivity contribution is 0.122. The average molecular weight is 228 g/mol. The van der Waals surface area contributed by atoms with Gasteiger partial charge in [0, 0.05) is 6.04 Å². The summed E-state index contributed by atoms with van der Waals surface area (Å²) in [5.41, 5.74) is 5.70. The van der Waals surface area contributed by atoms with Gasteiger partial charge in [0.1, 0.15) is 0 Å². The van der Waals surface area contributed by atoms with E-state index >= 15 is 0 Å². The van der Waals surface area contributed by atoms with Crippen LogP contribution in [0, 0.1) is 11.8 Å². The van der Waals surface area contributed by atoms with E-state index in [0.717, 1.165) is 11.8 Å². The lowest BCUT2D eigenvalue weighted by Gasteiger charge is -2.39. The van der Waals surface area contributed by atoms with Crippen LogP contribution >= 0.6 is 12.2 Å². The SMILES string of the molecule is CC1CCC(N(C)C(C)C(N)=S)CC1C. The highest BCUT2D eigenvalue weighted by Crippen LogP contribution is 2.32. The fraction of sp³-hybridized carbons (Fsp3) is 0.917. The van der Waals surface area contributed by atoms with Gasteiger partial charge in [-0.05, 0) is 45.1 Å². The lowest BCUT2D eigenvalue weighted by atomic mass is 9.78. The molecule has 0 aliphatic heterocycles. The van der Waals surface area contributed by atoms with Gasteiger partial charge in [0.25, 0.3) is 0 Å². The number of thiocarbonyl (C=S) groups is 1. The standard InChI is InChI=1S/C12H24N2S/c1-8-5-6-11(7-9(8)2)14(4)10(3)12(13)15/h8-11H,5-7H2,1-4H3,(H2,13,15). The van der Waals surface area contributed by atoms with Crippen LogP contribution in [0.3, 0.4) is 0 Å². The van der Waals surface area contributed by atoms with Crippen molar-refractivity contribution >= 4 is 17.2 Å². The molecule has 2 N–H and O–H groups in total. The molecule has 1 aliphatic carbocycles. The minimum atomic E-state index is 0.227. The lowest BCUT2D eigenvalue weighted by Crippen LogP contribution is -2.47. The number of hydrogen-bond acceptors (Lipinski definition) is 2. The van der Waals surface area contributed by atoms with E-state index in [0.29, 0.717) is 11.0 Å². The number of hydrogen-bond donors (Lipinski definition) is 1. The number of nitrogens with two attached hydrogens (primary N) is 1. The maximum absolute atomic E-state index is 5.70. The van der Waals surface area contributed by atoms with Crippen LogP contribution in [0.25, 0.3) is 0 Å². The summed E-state index contributed by atoms with van der Waals surface area (Å²) in [6.07, 6.45) is 3.90. The summed E-state index contributed by atoms with van der Waals surface area (Å²) in [7, 11) is 2.15. The summed E-state index contributed by atoms with van der Waals surface area (Å²) in [6, 6.07) is 0.887. The van der Waals surface area contributed by atoms with Crippen LogP contribution in [0.2, 0.25) is 0 Å². The summed E-state index contributed by atoms with van der Waals surface area (Å²) in [4.78, 5) is 2.97.